The van der Waals surface area contributed by atoms with E-state index in [1.807, 2.05) is 26.0 Å². The molecular weight excluding hydrogens is 192 g/mol. The number of rotatable bonds is 6. The Kier molecular flexibility index (Phi) is 5.25. The second kappa shape index (κ2) is 6.50. The summed E-state index contributed by atoms with van der Waals surface area (Å²) >= 11 is 0. The fourth-order valence-corrected chi connectivity index (χ4v) is 1.33. The van der Waals surface area contributed by atoms with Gasteiger partial charge in [-0.2, -0.15) is 0 Å². The number of nitrogens with zero attached hydrogens (tertiary/aromatic N) is 1. The standard InChI is InChI=1S/C11H18N2O2/c1-3-14-11(15-4-2)10(12)9-5-7-13-8-6-9/h5-8,10-11H,3-4,12H2,1-2H3. The second-order valence-electron chi connectivity index (χ2n) is 3.09. The highest BCUT2D eigenvalue weighted by molar-refractivity contribution is 5.15. The lowest BCUT2D eigenvalue weighted by Gasteiger charge is -2.23. The minimum Gasteiger partial charge on any atom is -0.351 e. The summed E-state index contributed by atoms with van der Waals surface area (Å²) in [6, 6.07) is 3.47. The number of pyridine rings is 1. The number of hydrogen-bond donors (Lipinski definition) is 1. The first kappa shape index (κ1) is 12.1. The molecule has 0 aromatic carbocycles. The van der Waals surface area contributed by atoms with Gasteiger partial charge in [-0.1, -0.05) is 0 Å². The van der Waals surface area contributed by atoms with Crippen LogP contribution in [0.2, 0.25) is 0 Å². The van der Waals surface area contributed by atoms with Crippen LogP contribution >= 0.6 is 0 Å². The predicted molar refractivity (Wildman–Crippen MR) is 58.2 cm³/mol. The van der Waals surface area contributed by atoms with Crippen LogP contribution in [0.15, 0.2) is 24.5 Å². The third-order valence-electron chi connectivity index (χ3n) is 2.05. The number of ether oxygens (including phenoxy) is 2. The Bertz CT molecular complexity index is 261. The van der Waals surface area contributed by atoms with Gasteiger partial charge in [0, 0.05) is 25.6 Å². The Morgan fingerprint density at radius 2 is 1.73 bits per heavy atom. The summed E-state index contributed by atoms with van der Waals surface area (Å²) in [4.78, 5) is 3.94. The van der Waals surface area contributed by atoms with Crippen molar-refractivity contribution in [2.45, 2.75) is 26.2 Å². The molecule has 15 heavy (non-hydrogen) atoms. The molecule has 1 atom stereocenters. The SMILES string of the molecule is CCOC(OCC)C(N)c1ccncc1. The molecule has 4 heteroatoms. The molecule has 1 aromatic rings. The number of aromatic nitrogens is 1. The molecule has 0 aliphatic rings. The van der Waals surface area contributed by atoms with Crippen LogP contribution in [0.25, 0.3) is 0 Å². The van der Waals surface area contributed by atoms with E-state index in [1.165, 1.54) is 0 Å². The van der Waals surface area contributed by atoms with Gasteiger partial charge in [-0.15, -0.1) is 0 Å². The predicted octanol–water partition coefficient (Wildman–Crippen LogP) is 1.48. The summed E-state index contributed by atoms with van der Waals surface area (Å²) in [5.41, 5.74) is 7.00. The van der Waals surface area contributed by atoms with E-state index >= 15 is 0 Å². The van der Waals surface area contributed by atoms with Gasteiger partial charge in [-0.3, -0.25) is 4.98 Å². The smallest absolute Gasteiger partial charge is 0.176 e. The lowest BCUT2D eigenvalue weighted by atomic mass is 10.1. The Morgan fingerprint density at radius 1 is 1.20 bits per heavy atom. The van der Waals surface area contributed by atoms with Crippen molar-refractivity contribution in [2.24, 2.45) is 5.73 Å². The summed E-state index contributed by atoms with van der Waals surface area (Å²) in [6.45, 7) is 5.02. The molecule has 0 aliphatic carbocycles. The fourth-order valence-electron chi connectivity index (χ4n) is 1.33. The van der Waals surface area contributed by atoms with Crippen molar-refractivity contribution in [3.8, 4) is 0 Å². The molecule has 1 rings (SSSR count). The molecule has 1 unspecified atom stereocenters. The monoisotopic (exact) mass is 210 g/mol. The number of hydrogen-bond acceptors (Lipinski definition) is 4. The van der Waals surface area contributed by atoms with Crippen molar-refractivity contribution in [1.29, 1.82) is 0 Å². The normalized spacial score (nSPS) is 13.1. The van der Waals surface area contributed by atoms with E-state index in [4.69, 9.17) is 15.2 Å². The molecular formula is C11H18N2O2. The zero-order valence-corrected chi connectivity index (χ0v) is 9.22. The van der Waals surface area contributed by atoms with Gasteiger partial charge < -0.3 is 15.2 Å². The molecule has 0 radical (unpaired) electrons. The Balaban J connectivity index is 2.67. The molecule has 4 nitrogen and oxygen atoms in total. The molecule has 0 spiro atoms. The van der Waals surface area contributed by atoms with Gasteiger partial charge in [0.05, 0.1) is 6.04 Å². The lowest BCUT2D eigenvalue weighted by molar-refractivity contribution is -0.149. The minimum absolute atomic E-state index is 0.270. The average Bonchev–Trinajstić information content (AvgIpc) is 2.29. The minimum atomic E-state index is -0.387. The Morgan fingerprint density at radius 3 is 2.20 bits per heavy atom. The Hall–Kier alpha value is -0.970. The van der Waals surface area contributed by atoms with Gasteiger partial charge >= 0.3 is 0 Å². The van der Waals surface area contributed by atoms with Gasteiger partial charge in [0.15, 0.2) is 6.29 Å². The van der Waals surface area contributed by atoms with Crippen molar-refractivity contribution in [3.63, 3.8) is 0 Å². The van der Waals surface area contributed by atoms with Crippen molar-refractivity contribution < 1.29 is 9.47 Å². The maximum absolute atomic E-state index is 6.03. The molecule has 1 aromatic heterocycles. The summed E-state index contributed by atoms with van der Waals surface area (Å²) in [5, 5.41) is 0. The second-order valence-corrected chi connectivity index (χ2v) is 3.09. The van der Waals surface area contributed by atoms with Crippen LogP contribution in [-0.4, -0.2) is 24.5 Å². The van der Waals surface area contributed by atoms with Crippen LogP contribution < -0.4 is 5.73 Å². The molecule has 0 aliphatic heterocycles. The third-order valence-corrected chi connectivity index (χ3v) is 2.05. The highest BCUT2D eigenvalue weighted by Gasteiger charge is 2.19. The largest absolute Gasteiger partial charge is 0.351 e. The summed E-state index contributed by atoms with van der Waals surface area (Å²) in [5.74, 6) is 0. The summed E-state index contributed by atoms with van der Waals surface area (Å²) in [6.07, 6.45) is 3.04. The van der Waals surface area contributed by atoms with Gasteiger partial charge in [0.25, 0.3) is 0 Å². The Labute approximate surface area is 90.4 Å². The van der Waals surface area contributed by atoms with Crippen LogP contribution in [0.1, 0.15) is 25.5 Å². The van der Waals surface area contributed by atoms with E-state index in [0.717, 1.165) is 5.56 Å². The van der Waals surface area contributed by atoms with E-state index in [2.05, 4.69) is 4.98 Å². The van der Waals surface area contributed by atoms with E-state index in [1.54, 1.807) is 12.4 Å². The third kappa shape index (κ3) is 3.58. The van der Waals surface area contributed by atoms with Crippen LogP contribution in [0.3, 0.4) is 0 Å². The van der Waals surface area contributed by atoms with E-state index in [0.29, 0.717) is 13.2 Å². The molecule has 0 saturated carbocycles. The van der Waals surface area contributed by atoms with Crippen molar-refractivity contribution >= 4 is 0 Å². The summed E-state index contributed by atoms with van der Waals surface area (Å²) in [7, 11) is 0. The molecule has 1 heterocycles. The van der Waals surface area contributed by atoms with E-state index in [-0.39, 0.29) is 12.3 Å². The van der Waals surface area contributed by atoms with Crippen molar-refractivity contribution in [3.05, 3.63) is 30.1 Å². The van der Waals surface area contributed by atoms with Gasteiger partial charge in [0.1, 0.15) is 0 Å². The maximum atomic E-state index is 6.03. The van der Waals surface area contributed by atoms with E-state index in [9.17, 15) is 0 Å². The maximum Gasteiger partial charge on any atom is 0.176 e. The quantitative estimate of drug-likeness (QED) is 0.722. The highest BCUT2D eigenvalue weighted by Crippen LogP contribution is 2.16. The van der Waals surface area contributed by atoms with Gasteiger partial charge in [0.2, 0.25) is 0 Å². The fraction of sp³-hybridized carbons (Fsp3) is 0.545. The molecule has 0 bridgehead atoms. The molecule has 0 saturated heterocycles. The average molecular weight is 210 g/mol. The van der Waals surface area contributed by atoms with Crippen LogP contribution in [0.5, 0.6) is 0 Å². The number of nitrogens with two attached hydrogens (primary N) is 1. The molecule has 0 amide bonds. The highest BCUT2D eigenvalue weighted by atomic mass is 16.7. The van der Waals surface area contributed by atoms with Gasteiger partial charge in [-0.25, -0.2) is 0 Å². The molecule has 0 fully saturated rings. The van der Waals surface area contributed by atoms with Crippen molar-refractivity contribution in [1.82, 2.24) is 4.98 Å². The first-order valence-corrected chi connectivity index (χ1v) is 5.18. The molecule has 2 N–H and O–H groups in total. The first-order valence-electron chi connectivity index (χ1n) is 5.18. The van der Waals surface area contributed by atoms with Crippen molar-refractivity contribution in [2.75, 3.05) is 13.2 Å². The zero-order valence-electron chi connectivity index (χ0n) is 9.22. The summed E-state index contributed by atoms with van der Waals surface area (Å²) < 4.78 is 10.9. The van der Waals surface area contributed by atoms with Crippen LogP contribution in [0.4, 0.5) is 0 Å². The van der Waals surface area contributed by atoms with Crippen LogP contribution in [0, 0.1) is 0 Å². The van der Waals surface area contributed by atoms with E-state index < -0.39 is 0 Å². The van der Waals surface area contributed by atoms with Gasteiger partial charge in [-0.05, 0) is 31.5 Å². The zero-order chi connectivity index (χ0) is 11.1. The lowest BCUT2D eigenvalue weighted by Crippen LogP contribution is -2.31. The molecule has 84 valence electrons. The van der Waals surface area contributed by atoms with Crippen LogP contribution in [-0.2, 0) is 9.47 Å². The first-order chi connectivity index (χ1) is 7.29. The topological polar surface area (TPSA) is 57.4 Å².